The van der Waals surface area contributed by atoms with E-state index in [1.54, 1.807) is 6.20 Å². The van der Waals surface area contributed by atoms with Crippen LogP contribution in [0, 0.1) is 3.57 Å². The Kier molecular flexibility index (Phi) is 4.77. The maximum atomic E-state index is 12.3. The molecule has 3 rings (SSSR count). The molecule has 2 aromatic rings. The molecule has 0 bridgehead atoms. The van der Waals surface area contributed by atoms with Crippen molar-refractivity contribution in [3.63, 3.8) is 0 Å². The third-order valence-electron chi connectivity index (χ3n) is 3.64. The van der Waals surface area contributed by atoms with E-state index in [2.05, 4.69) is 37.8 Å². The summed E-state index contributed by atoms with van der Waals surface area (Å²) < 4.78 is 1.15. The number of aromatic nitrogens is 1. The number of nitrogens with zero attached hydrogens (tertiary/aromatic N) is 3. The predicted octanol–water partition coefficient (Wildman–Crippen LogP) is 3.04. The largest absolute Gasteiger partial charge is 0.353 e. The van der Waals surface area contributed by atoms with Crippen LogP contribution in [0.1, 0.15) is 0 Å². The van der Waals surface area contributed by atoms with Crippen LogP contribution in [0.5, 0.6) is 0 Å². The number of nitrogens with one attached hydrogen (secondary N) is 1. The van der Waals surface area contributed by atoms with Crippen LogP contribution < -0.4 is 10.2 Å². The van der Waals surface area contributed by atoms with E-state index in [0.717, 1.165) is 28.2 Å². The Balaban J connectivity index is 1.54. The number of amides is 2. The lowest BCUT2D eigenvalue weighted by Crippen LogP contribution is -2.50. The molecule has 0 aliphatic carbocycles. The average Bonchev–Trinajstić information content (AvgIpc) is 2.58. The number of hydrogen-bond donors (Lipinski definition) is 1. The van der Waals surface area contributed by atoms with E-state index in [-0.39, 0.29) is 6.03 Å². The summed E-state index contributed by atoms with van der Waals surface area (Å²) in [4.78, 5) is 20.7. The van der Waals surface area contributed by atoms with Gasteiger partial charge in [0.2, 0.25) is 0 Å². The standard InChI is InChI=1S/C16H17IN4O/c17-13-4-6-14(7-5-13)19-16(22)21-11-9-20(10-12-21)15-3-1-2-8-18-15/h1-8H,9-12H2,(H,19,22). The summed E-state index contributed by atoms with van der Waals surface area (Å²) in [6.45, 7) is 3.01. The van der Waals surface area contributed by atoms with Crippen molar-refractivity contribution in [1.29, 1.82) is 0 Å². The van der Waals surface area contributed by atoms with E-state index in [9.17, 15) is 4.79 Å². The Labute approximate surface area is 143 Å². The maximum Gasteiger partial charge on any atom is 0.321 e. The van der Waals surface area contributed by atoms with Crippen molar-refractivity contribution >= 4 is 40.1 Å². The number of piperazine rings is 1. The van der Waals surface area contributed by atoms with Crippen molar-refractivity contribution in [3.05, 3.63) is 52.2 Å². The van der Waals surface area contributed by atoms with Crippen molar-refractivity contribution in [3.8, 4) is 0 Å². The zero-order valence-electron chi connectivity index (χ0n) is 12.1. The van der Waals surface area contributed by atoms with Crippen molar-refractivity contribution in [1.82, 2.24) is 9.88 Å². The number of rotatable bonds is 2. The second kappa shape index (κ2) is 6.95. The van der Waals surface area contributed by atoms with Crippen molar-refractivity contribution < 1.29 is 4.79 Å². The van der Waals surface area contributed by atoms with Crippen molar-refractivity contribution in [2.45, 2.75) is 0 Å². The Morgan fingerprint density at radius 2 is 1.77 bits per heavy atom. The third kappa shape index (κ3) is 3.68. The number of carbonyl (C=O) groups excluding carboxylic acids is 1. The molecule has 6 heteroatoms. The zero-order chi connectivity index (χ0) is 15.4. The second-order valence-electron chi connectivity index (χ2n) is 5.10. The molecule has 0 unspecified atom stereocenters. The molecule has 1 aliphatic rings. The molecule has 1 saturated heterocycles. The van der Waals surface area contributed by atoms with Crippen LogP contribution in [-0.2, 0) is 0 Å². The summed E-state index contributed by atoms with van der Waals surface area (Å²) in [5, 5.41) is 2.94. The fourth-order valence-electron chi connectivity index (χ4n) is 2.42. The minimum absolute atomic E-state index is 0.0399. The van der Waals surface area contributed by atoms with Crippen LogP contribution in [0.25, 0.3) is 0 Å². The Morgan fingerprint density at radius 3 is 2.41 bits per heavy atom. The smallest absolute Gasteiger partial charge is 0.321 e. The van der Waals surface area contributed by atoms with E-state index >= 15 is 0 Å². The fourth-order valence-corrected chi connectivity index (χ4v) is 2.77. The van der Waals surface area contributed by atoms with Gasteiger partial charge in [-0.05, 0) is 59.0 Å². The van der Waals surface area contributed by atoms with Gasteiger partial charge >= 0.3 is 6.03 Å². The van der Waals surface area contributed by atoms with Gasteiger partial charge in [-0.2, -0.15) is 0 Å². The highest BCUT2D eigenvalue weighted by atomic mass is 127. The van der Waals surface area contributed by atoms with E-state index in [0.29, 0.717) is 13.1 Å². The summed E-state index contributed by atoms with van der Waals surface area (Å²) in [5.41, 5.74) is 0.831. The molecular weight excluding hydrogens is 391 g/mol. The molecule has 2 heterocycles. The maximum absolute atomic E-state index is 12.3. The van der Waals surface area contributed by atoms with Crippen LogP contribution in [-0.4, -0.2) is 42.1 Å². The lowest BCUT2D eigenvalue weighted by Gasteiger charge is -2.35. The SMILES string of the molecule is O=C(Nc1ccc(I)cc1)N1CCN(c2ccccn2)CC1. The fraction of sp³-hybridized carbons (Fsp3) is 0.250. The molecule has 1 aliphatic heterocycles. The molecule has 114 valence electrons. The highest BCUT2D eigenvalue weighted by Gasteiger charge is 2.21. The van der Waals surface area contributed by atoms with Gasteiger partial charge in [0, 0.05) is 41.6 Å². The van der Waals surface area contributed by atoms with E-state index in [1.807, 2.05) is 47.4 Å². The molecule has 1 N–H and O–H groups in total. The molecule has 1 aromatic carbocycles. The average molecular weight is 408 g/mol. The topological polar surface area (TPSA) is 48.5 Å². The zero-order valence-corrected chi connectivity index (χ0v) is 14.2. The van der Waals surface area contributed by atoms with Gasteiger partial charge in [0.05, 0.1) is 0 Å². The van der Waals surface area contributed by atoms with Crippen molar-refractivity contribution in [2.24, 2.45) is 0 Å². The molecule has 22 heavy (non-hydrogen) atoms. The van der Waals surface area contributed by atoms with Crippen molar-refractivity contribution in [2.75, 3.05) is 36.4 Å². The van der Waals surface area contributed by atoms with E-state index in [4.69, 9.17) is 0 Å². The summed E-state index contributed by atoms with van der Waals surface area (Å²) in [6, 6.07) is 13.7. The minimum Gasteiger partial charge on any atom is -0.353 e. The first kappa shape index (κ1) is 15.1. The first-order chi connectivity index (χ1) is 10.7. The Bertz CT molecular complexity index is 624. The van der Waals surface area contributed by atoms with Gasteiger partial charge in [-0.25, -0.2) is 9.78 Å². The van der Waals surface area contributed by atoms with Crippen LogP contribution >= 0.6 is 22.6 Å². The number of hydrogen-bond acceptors (Lipinski definition) is 3. The van der Waals surface area contributed by atoms with E-state index in [1.165, 1.54) is 0 Å². The summed E-state index contributed by atoms with van der Waals surface area (Å²) in [6.07, 6.45) is 1.80. The molecule has 0 radical (unpaired) electrons. The van der Waals surface area contributed by atoms with Gasteiger partial charge < -0.3 is 15.1 Å². The summed E-state index contributed by atoms with van der Waals surface area (Å²) in [5.74, 6) is 0.972. The van der Waals surface area contributed by atoms with Gasteiger partial charge in [0.1, 0.15) is 5.82 Å². The number of pyridine rings is 1. The molecule has 5 nitrogen and oxygen atoms in total. The highest BCUT2D eigenvalue weighted by Crippen LogP contribution is 2.15. The molecule has 1 aromatic heterocycles. The molecule has 0 saturated carbocycles. The first-order valence-electron chi connectivity index (χ1n) is 7.20. The van der Waals surface area contributed by atoms with E-state index < -0.39 is 0 Å². The first-order valence-corrected chi connectivity index (χ1v) is 8.28. The molecule has 2 amide bonds. The third-order valence-corrected chi connectivity index (χ3v) is 4.35. The Morgan fingerprint density at radius 1 is 1.05 bits per heavy atom. The lowest BCUT2D eigenvalue weighted by atomic mass is 10.3. The predicted molar refractivity (Wildman–Crippen MR) is 96.2 cm³/mol. The van der Waals surface area contributed by atoms with Crippen LogP contribution in [0.3, 0.4) is 0 Å². The number of anilines is 2. The van der Waals surface area contributed by atoms with Crippen LogP contribution in [0.4, 0.5) is 16.3 Å². The number of benzene rings is 1. The van der Waals surface area contributed by atoms with Gasteiger partial charge in [-0.15, -0.1) is 0 Å². The lowest BCUT2D eigenvalue weighted by molar-refractivity contribution is 0.208. The Hall–Kier alpha value is -1.83. The number of urea groups is 1. The number of halogens is 1. The number of carbonyl (C=O) groups is 1. The molecule has 1 fully saturated rings. The van der Waals surface area contributed by atoms with Gasteiger partial charge in [0.25, 0.3) is 0 Å². The quantitative estimate of drug-likeness (QED) is 0.778. The summed E-state index contributed by atoms with van der Waals surface area (Å²) in [7, 11) is 0. The highest BCUT2D eigenvalue weighted by molar-refractivity contribution is 14.1. The van der Waals surface area contributed by atoms with Gasteiger partial charge in [0.15, 0.2) is 0 Å². The molecule has 0 spiro atoms. The second-order valence-corrected chi connectivity index (χ2v) is 6.34. The van der Waals surface area contributed by atoms with Crippen LogP contribution in [0.2, 0.25) is 0 Å². The normalized spacial score (nSPS) is 14.8. The molecule has 0 atom stereocenters. The van der Waals surface area contributed by atoms with Gasteiger partial charge in [-0.1, -0.05) is 6.07 Å². The monoisotopic (exact) mass is 408 g/mol. The molecular formula is C16H17IN4O. The summed E-state index contributed by atoms with van der Waals surface area (Å²) >= 11 is 2.25. The van der Waals surface area contributed by atoms with Crippen LogP contribution in [0.15, 0.2) is 48.7 Å². The van der Waals surface area contributed by atoms with Gasteiger partial charge in [-0.3, -0.25) is 0 Å². The minimum atomic E-state index is -0.0399.